The fourth-order valence-electron chi connectivity index (χ4n) is 1.03. The van der Waals surface area contributed by atoms with Gasteiger partial charge in [-0.1, -0.05) is 23.3 Å². The summed E-state index contributed by atoms with van der Waals surface area (Å²) in [4.78, 5) is 3.74. The third-order valence-electron chi connectivity index (χ3n) is 1.85. The van der Waals surface area contributed by atoms with E-state index in [0.29, 0.717) is 4.47 Å². The van der Waals surface area contributed by atoms with Gasteiger partial charge in [-0.15, -0.1) is 0 Å². The maximum absolute atomic E-state index is 11.9. The summed E-state index contributed by atoms with van der Waals surface area (Å²) >= 11 is 8.91. The average molecular weight is 340 g/mol. The Labute approximate surface area is 114 Å². The third kappa shape index (κ3) is 4.39. The zero-order valence-electron chi connectivity index (χ0n) is 9.37. The molecule has 94 valence electrons. The number of pyridine rings is 1. The van der Waals surface area contributed by atoms with Crippen LogP contribution in [0.5, 0.6) is 0 Å². The van der Waals surface area contributed by atoms with Gasteiger partial charge in [0.05, 0.1) is 0 Å². The van der Waals surface area contributed by atoms with E-state index in [1.165, 1.54) is 12.3 Å². The van der Waals surface area contributed by atoms with Crippen molar-refractivity contribution in [1.82, 2.24) is 9.71 Å². The Bertz CT molecular complexity index is 539. The van der Waals surface area contributed by atoms with Crippen molar-refractivity contribution in [3.8, 4) is 0 Å². The molecule has 0 aliphatic heterocycles. The summed E-state index contributed by atoms with van der Waals surface area (Å²) < 4.78 is 26.8. The van der Waals surface area contributed by atoms with Crippen molar-refractivity contribution in [2.45, 2.75) is 18.7 Å². The highest BCUT2D eigenvalue weighted by molar-refractivity contribution is 9.10. The maximum Gasteiger partial charge on any atom is 0.243 e. The van der Waals surface area contributed by atoms with Crippen LogP contribution in [0.15, 0.2) is 33.3 Å². The number of halogens is 2. The highest BCUT2D eigenvalue weighted by atomic mass is 79.9. The first-order chi connectivity index (χ1) is 7.83. The topological polar surface area (TPSA) is 59.1 Å². The standard InChI is InChI=1S/C10H12BrClN2O2S/c1-7(2)3-4-14-17(15,16)9-5-8(11)6-13-10(9)12/h3,5-6,14H,4H2,1-2H3. The molecule has 1 aromatic heterocycles. The predicted molar refractivity (Wildman–Crippen MR) is 71.6 cm³/mol. The molecule has 0 fully saturated rings. The molecule has 1 N–H and O–H groups in total. The summed E-state index contributed by atoms with van der Waals surface area (Å²) in [6, 6.07) is 1.42. The van der Waals surface area contributed by atoms with E-state index in [4.69, 9.17) is 11.6 Å². The van der Waals surface area contributed by atoms with Gasteiger partial charge in [-0.25, -0.2) is 18.1 Å². The molecule has 0 bridgehead atoms. The molecule has 0 spiro atoms. The molecule has 1 aromatic rings. The van der Waals surface area contributed by atoms with Gasteiger partial charge in [-0.2, -0.15) is 0 Å². The minimum Gasteiger partial charge on any atom is -0.242 e. The Hall–Kier alpha value is -0.430. The van der Waals surface area contributed by atoms with Crippen LogP contribution in [0.25, 0.3) is 0 Å². The first-order valence-corrected chi connectivity index (χ1v) is 7.42. The van der Waals surface area contributed by atoms with Crippen LogP contribution in [0.2, 0.25) is 5.15 Å². The molecule has 1 heterocycles. The zero-order valence-corrected chi connectivity index (χ0v) is 12.5. The van der Waals surface area contributed by atoms with Gasteiger partial charge in [-0.05, 0) is 35.8 Å². The number of aromatic nitrogens is 1. The van der Waals surface area contributed by atoms with E-state index >= 15 is 0 Å². The second-order valence-electron chi connectivity index (χ2n) is 3.58. The summed E-state index contributed by atoms with van der Waals surface area (Å²) in [6.07, 6.45) is 3.22. The van der Waals surface area contributed by atoms with Crippen molar-refractivity contribution in [3.63, 3.8) is 0 Å². The van der Waals surface area contributed by atoms with Gasteiger partial charge >= 0.3 is 0 Å². The normalized spacial score (nSPS) is 11.3. The SMILES string of the molecule is CC(C)=CCNS(=O)(=O)c1cc(Br)cnc1Cl. The first kappa shape index (κ1) is 14.6. The molecule has 4 nitrogen and oxygen atoms in total. The molecule has 0 aliphatic rings. The van der Waals surface area contributed by atoms with Crippen LogP contribution < -0.4 is 4.72 Å². The quantitative estimate of drug-likeness (QED) is 0.678. The molecule has 0 saturated carbocycles. The van der Waals surface area contributed by atoms with Crippen molar-refractivity contribution in [1.29, 1.82) is 0 Å². The van der Waals surface area contributed by atoms with E-state index in [1.54, 1.807) is 6.08 Å². The Kier molecular flexibility index (Phi) is 5.12. The molecule has 17 heavy (non-hydrogen) atoms. The number of hydrogen-bond acceptors (Lipinski definition) is 3. The van der Waals surface area contributed by atoms with Crippen molar-refractivity contribution in [2.75, 3.05) is 6.54 Å². The average Bonchev–Trinajstić information content (AvgIpc) is 2.20. The van der Waals surface area contributed by atoms with Gasteiger partial charge in [0.2, 0.25) is 10.0 Å². The van der Waals surface area contributed by atoms with E-state index in [-0.39, 0.29) is 16.6 Å². The van der Waals surface area contributed by atoms with Crippen molar-refractivity contribution in [3.05, 3.63) is 33.5 Å². The van der Waals surface area contributed by atoms with Gasteiger partial charge < -0.3 is 0 Å². The van der Waals surface area contributed by atoms with Crippen LogP contribution in [0, 0.1) is 0 Å². The molecule has 0 atom stereocenters. The highest BCUT2D eigenvalue weighted by Crippen LogP contribution is 2.22. The molecule has 0 amide bonds. The fourth-order valence-corrected chi connectivity index (χ4v) is 2.93. The monoisotopic (exact) mass is 338 g/mol. The first-order valence-electron chi connectivity index (χ1n) is 4.77. The lowest BCUT2D eigenvalue weighted by Gasteiger charge is -2.06. The molecule has 0 unspecified atom stereocenters. The van der Waals surface area contributed by atoms with Crippen molar-refractivity contribution >= 4 is 37.6 Å². The summed E-state index contributed by atoms with van der Waals surface area (Å²) in [6.45, 7) is 4.01. The van der Waals surface area contributed by atoms with E-state index in [0.717, 1.165) is 5.57 Å². The lowest BCUT2D eigenvalue weighted by atomic mass is 10.3. The second kappa shape index (κ2) is 5.95. The minimum atomic E-state index is -3.63. The molecule has 0 saturated heterocycles. The van der Waals surface area contributed by atoms with Crippen LogP contribution in [-0.4, -0.2) is 19.9 Å². The van der Waals surface area contributed by atoms with Crippen molar-refractivity contribution < 1.29 is 8.42 Å². The Morgan fingerprint density at radius 3 is 2.82 bits per heavy atom. The molecule has 0 aromatic carbocycles. The number of hydrogen-bond donors (Lipinski definition) is 1. The largest absolute Gasteiger partial charge is 0.243 e. The molecule has 1 rings (SSSR count). The van der Waals surface area contributed by atoms with Gasteiger partial charge in [0.15, 0.2) is 0 Å². The molecule has 0 radical (unpaired) electrons. The van der Waals surface area contributed by atoms with Crippen LogP contribution >= 0.6 is 27.5 Å². The Morgan fingerprint density at radius 1 is 1.59 bits per heavy atom. The maximum atomic E-state index is 11.9. The summed E-state index contributed by atoms with van der Waals surface area (Å²) in [5, 5.41) is -0.0436. The lowest BCUT2D eigenvalue weighted by Crippen LogP contribution is -2.24. The molecule has 7 heteroatoms. The van der Waals surface area contributed by atoms with Crippen LogP contribution in [-0.2, 0) is 10.0 Å². The number of sulfonamides is 1. The Morgan fingerprint density at radius 2 is 2.24 bits per heavy atom. The second-order valence-corrected chi connectivity index (χ2v) is 6.58. The number of allylic oxidation sites excluding steroid dienone is 1. The summed E-state index contributed by atoms with van der Waals surface area (Å²) in [5.74, 6) is 0. The molecular weight excluding hydrogens is 328 g/mol. The van der Waals surface area contributed by atoms with Crippen LogP contribution in [0.3, 0.4) is 0 Å². The Balaban J connectivity index is 2.97. The van der Waals surface area contributed by atoms with E-state index in [9.17, 15) is 8.42 Å². The highest BCUT2D eigenvalue weighted by Gasteiger charge is 2.18. The fraction of sp³-hybridized carbons (Fsp3) is 0.300. The van der Waals surface area contributed by atoms with Crippen LogP contribution in [0.1, 0.15) is 13.8 Å². The van der Waals surface area contributed by atoms with E-state index < -0.39 is 10.0 Å². The molecule has 0 aliphatic carbocycles. The minimum absolute atomic E-state index is 0.0318. The van der Waals surface area contributed by atoms with Crippen molar-refractivity contribution in [2.24, 2.45) is 0 Å². The lowest BCUT2D eigenvalue weighted by molar-refractivity contribution is 0.585. The summed E-state index contributed by atoms with van der Waals surface area (Å²) in [7, 11) is -3.63. The predicted octanol–water partition coefficient (Wildman–Crippen LogP) is 2.74. The van der Waals surface area contributed by atoms with Gasteiger partial charge in [-0.3, -0.25) is 0 Å². The van der Waals surface area contributed by atoms with E-state index in [1.807, 2.05) is 13.8 Å². The van der Waals surface area contributed by atoms with Crippen LogP contribution in [0.4, 0.5) is 0 Å². The smallest absolute Gasteiger partial charge is 0.242 e. The number of nitrogens with zero attached hydrogens (tertiary/aromatic N) is 1. The number of rotatable bonds is 4. The van der Waals surface area contributed by atoms with Gasteiger partial charge in [0, 0.05) is 17.2 Å². The molecular formula is C10H12BrClN2O2S. The van der Waals surface area contributed by atoms with Gasteiger partial charge in [0.1, 0.15) is 10.0 Å². The van der Waals surface area contributed by atoms with Gasteiger partial charge in [0.25, 0.3) is 0 Å². The summed E-state index contributed by atoms with van der Waals surface area (Å²) in [5.41, 5.74) is 1.03. The number of nitrogens with one attached hydrogen (secondary N) is 1. The van der Waals surface area contributed by atoms with E-state index in [2.05, 4.69) is 25.6 Å². The zero-order chi connectivity index (χ0) is 13.1. The third-order valence-corrected chi connectivity index (χ3v) is 4.13.